The third-order valence-electron chi connectivity index (χ3n) is 4.93. The van der Waals surface area contributed by atoms with Crippen LogP contribution in [-0.2, 0) is 0 Å². The Morgan fingerprint density at radius 3 is 2.48 bits per heavy atom. The van der Waals surface area contributed by atoms with Crippen LogP contribution in [0.2, 0.25) is 0 Å². The van der Waals surface area contributed by atoms with Crippen molar-refractivity contribution in [2.24, 2.45) is 5.92 Å². The number of benzene rings is 1. The van der Waals surface area contributed by atoms with Crippen LogP contribution in [0.5, 0.6) is 0 Å². The first kappa shape index (κ1) is 16.3. The van der Waals surface area contributed by atoms with Crippen LogP contribution in [-0.4, -0.2) is 49.7 Å². The molecule has 3 rings (SSSR count). The lowest BCUT2D eigenvalue weighted by Crippen LogP contribution is -2.47. The third-order valence-corrected chi connectivity index (χ3v) is 4.93. The summed E-state index contributed by atoms with van der Waals surface area (Å²) in [5.41, 5.74) is 0.841. The Morgan fingerprint density at radius 2 is 1.78 bits per heavy atom. The van der Waals surface area contributed by atoms with Crippen molar-refractivity contribution in [2.45, 2.75) is 31.7 Å². The summed E-state index contributed by atoms with van der Waals surface area (Å²) in [6.45, 7) is 5.76. The van der Waals surface area contributed by atoms with E-state index in [2.05, 4.69) is 20.9 Å². The van der Waals surface area contributed by atoms with Gasteiger partial charge in [-0.25, -0.2) is 4.79 Å². The molecule has 0 radical (unpaired) electrons. The first-order valence-electron chi connectivity index (χ1n) is 8.85. The summed E-state index contributed by atoms with van der Waals surface area (Å²) in [4.78, 5) is 14.6. The van der Waals surface area contributed by atoms with E-state index in [9.17, 15) is 4.79 Å². The lowest BCUT2D eigenvalue weighted by atomic mass is 9.96. The minimum atomic E-state index is -0.0898. The molecule has 2 fully saturated rings. The van der Waals surface area contributed by atoms with Crippen molar-refractivity contribution >= 4 is 11.7 Å². The van der Waals surface area contributed by atoms with E-state index in [1.54, 1.807) is 0 Å². The second kappa shape index (κ2) is 8.31. The topological polar surface area (TPSA) is 56.4 Å². The van der Waals surface area contributed by atoms with Crippen LogP contribution in [0.15, 0.2) is 30.3 Å². The number of para-hydroxylation sites is 1. The number of piperidine rings is 2. The molecule has 5 nitrogen and oxygen atoms in total. The van der Waals surface area contributed by atoms with E-state index < -0.39 is 0 Å². The van der Waals surface area contributed by atoms with Gasteiger partial charge in [0, 0.05) is 31.4 Å². The lowest BCUT2D eigenvalue weighted by Gasteiger charge is -2.35. The standard InChI is InChI=1S/C18H28N4O/c23-18(20-16-4-2-1-3-5-16)21-17-8-12-22(13-9-17)14-15-6-10-19-11-7-15/h1-5,15,17,19H,6-14H2,(H2,20,21,23). The quantitative estimate of drug-likeness (QED) is 0.799. The summed E-state index contributed by atoms with van der Waals surface area (Å²) in [7, 11) is 0. The number of rotatable bonds is 4. The molecule has 3 N–H and O–H groups in total. The van der Waals surface area contributed by atoms with Crippen molar-refractivity contribution in [1.82, 2.24) is 15.5 Å². The Bertz CT molecular complexity index is 479. The van der Waals surface area contributed by atoms with Gasteiger partial charge in [-0.2, -0.15) is 0 Å². The fraction of sp³-hybridized carbons (Fsp3) is 0.611. The Balaban J connectivity index is 1.36. The fourth-order valence-electron chi connectivity index (χ4n) is 3.56. The van der Waals surface area contributed by atoms with Crippen LogP contribution < -0.4 is 16.0 Å². The average molecular weight is 316 g/mol. The van der Waals surface area contributed by atoms with Gasteiger partial charge in [-0.05, 0) is 56.8 Å². The largest absolute Gasteiger partial charge is 0.335 e. The molecule has 0 saturated carbocycles. The lowest BCUT2D eigenvalue weighted by molar-refractivity contribution is 0.159. The predicted octanol–water partition coefficient (Wildman–Crippen LogP) is 2.27. The van der Waals surface area contributed by atoms with E-state index in [4.69, 9.17) is 0 Å². The van der Waals surface area contributed by atoms with Gasteiger partial charge in [0.1, 0.15) is 0 Å². The van der Waals surface area contributed by atoms with Crippen LogP contribution in [0.1, 0.15) is 25.7 Å². The van der Waals surface area contributed by atoms with E-state index in [1.165, 1.54) is 32.5 Å². The summed E-state index contributed by atoms with van der Waals surface area (Å²) in [6.07, 6.45) is 4.70. The molecule has 0 unspecified atom stereocenters. The number of nitrogens with one attached hydrogen (secondary N) is 3. The fourth-order valence-corrected chi connectivity index (χ4v) is 3.56. The Labute approximate surface area is 138 Å². The molecule has 23 heavy (non-hydrogen) atoms. The summed E-state index contributed by atoms with van der Waals surface area (Å²) in [5.74, 6) is 0.849. The maximum atomic E-state index is 12.0. The molecule has 2 amide bonds. The summed E-state index contributed by atoms with van der Waals surface area (Å²) in [5, 5.41) is 9.43. The summed E-state index contributed by atoms with van der Waals surface area (Å²) >= 11 is 0. The minimum Gasteiger partial charge on any atom is -0.335 e. The Kier molecular flexibility index (Phi) is 5.88. The van der Waals surface area contributed by atoms with E-state index in [0.29, 0.717) is 6.04 Å². The van der Waals surface area contributed by atoms with Gasteiger partial charge >= 0.3 is 6.03 Å². The van der Waals surface area contributed by atoms with Gasteiger partial charge in [0.15, 0.2) is 0 Å². The molecule has 126 valence electrons. The molecule has 2 aliphatic heterocycles. The second-order valence-corrected chi connectivity index (χ2v) is 6.73. The number of urea groups is 1. The minimum absolute atomic E-state index is 0.0898. The normalized spacial score (nSPS) is 21.0. The first-order chi connectivity index (χ1) is 11.3. The number of carbonyl (C=O) groups excluding carboxylic acids is 1. The van der Waals surface area contributed by atoms with E-state index in [-0.39, 0.29) is 6.03 Å². The van der Waals surface area contributed by atoms with Gasteiger partial charge in [-0.3, -0.25) is 0 Å². The van der Waals surface area contributed by atoms with Crippen LogP contribution in [0, 0.1) is 5.92 Å². The zero-order chi connectivity index (χ0) is 15.9. The zero-order valence-corrected chi connectivity index (χ0v) is 13.8. The highest BCUT2D eigenvalue weighted by atomic mass is 16.2. The SMILES string of the molecule is O=C(Nc1ccccc1)NC1CCN(CC2CCNCC2)CC1. The number of hydrogen-bond donors (Lipinski definition) is 3. The molecule has 0 aromatic heterocycles. The molecule has 0 aliphatic carbocycles. The highest BCUT2D eigenvalue weighted by Crippen LogP contribution is 2.17. The van der Waals surface area contributed by atoms with Gasteiger partial charge in [-0.1, -0.05) is 18.2 Å². The highest BCUT2D eigenvalue weighted by Gasteiger charge is 2.23. The third kappa shape index (κ3) is 5.22. The number of carbonyl (C=O) groups is 1. The molecule has 0 bridgehead atoms. The Morgan fingerprint density at radius 1 is 1.09 bits per heavy atom. The number of amides is 2. The van der Waals surface area contributed by atoms with Crippen molar-refractivity contribution in [3.05, 3.63) is 30.3 Å². The molecular weight excluding hydrogens is 288 g/mol. The molecule has 0 atom stereocenters. The van der Waals surface area contributed by atoms with Gasteiger partial charge in [0.25, 0.3) is 0 Å². The number of anilines is 1. The van der Waals surface area contributed by atoms with Gasteiger partial charge < -0.3 is 20.9 Å². The van der Waals surface area contributed by atoms with Crippen molar-refractivity contribution in [3.8, 4) is 0 Å². The van der Waals surface area contributed by atoms with Crippen molar-refractivity contribution in [1.29, 1.82) is 0 Å². The maximum Gasteiger partial charge on any atom is 0.319 e. The van der Waals surface area contributed by atoms with Crippen LogP contribution in [0.25, 0.3) is 0 Å². The van der Waals surface area contributed by atoms with Gasteiger partial charge in [0.05, 0.1) is 0 Å². The molecule has 1 aromatic rings. The molecule has 2 aliphatic rings. The molecule has 2 saturated heterocycles. The van der Waals surface area contributed by atoms with E-state index in [0.717, 1.165) is 37.5 Å². The predicted molar refractivity (Wildman–Crippen MR) is 93.7 cm³/mol. The number of hydrogen-bond acceptors (Lipinski definition) is 3. The molecule has 2 heterocycles. The number of likely N-dealkylation sites (tertiary alicyclic amines) is 1. The van der Waals surface area contributed by atoms with E-state index >= 15 is 0 Å². The van der Waals surface area contributed by atoms with E-state index in [1.807, 2.05) is 30.3 Å². The van der Waals surface area contributed by atoms with Crippen molar-refractivity contribution in [3.63, 3.8) is 0 Å². The smallest absolute Gasteiger partial charge is 0.319 e. The monoisotopic (exact) mass is 316 g/mol. The first-order valence-corrected chi connectivity index (χ1v) is 8.85. The highest BCUT2D eigenvalue weighted by molar-refractivity contribution is 5.89. The Hall–Kier alpha value is -1.59. The van der Waals surface area contributed by atoms with Crippen LogP contribution in [0.4, 0.5) is 10.5 Å². The van der Waals surface area contributed by atoms with Crippen LogP contribution >= 0.6 is 0 Å². The average Bonchev–Trinajstić information content (AvgIpc) is 2.58. The molecular formula is C18H28N4O. The maximum absolute atomic E-state index is 12.0. The molecule has 5 heteroatoms. The zero-order valence-electron chi connectivity index (χ0n) is 13.8. The number of nitrogens with zero attached hydrogens (tertiary/aromatic N) is 1. The summed E-state index contributed by atoms with van der Waals surface area (Å²) < 4.78 is 0. The van der Waals surface area contributed by atoms with Crippen molar-refractivity contribution in [2.75, 3.05) is 38.0 Å². The molecule has 1 aromatic carbocycles. The van der Waals surface area contributed by atoms with Gasteiger partial charge in [0.2, 0.25) is 0 Å². The van der Waals surface area contributed by atoms with Gasteiger partial charge in [-0.15, -0.1) is 0 Å². The summed E-state index contributed by atoms with van der Waals surface area (Å²) in [6, 6.07) is 9.81. The van der Waals surface area contributed by atoms with Crippen molar-refractivity contribution < 1.29 is 4.79 Å². The second-order valence-electron chi connectivity index (χ2n) is 6.73. The molecule has 0 spiro atoms. The van der Waals surface area contributed by atoms with Crippen LogP contribution in [0.3, 0.4) is 0 Å².